The summed E-state index contributed by atoms with van der Waals surface area (Å²) < 4.78 is 41.9. The van der Waals surface area contributed by atoms with E-state index in [-0.39, 0.29) is 6.04 Å². The molecule has 1 aromatic carbocycles. The van der Waals surface area contributed by atoms with Crippen LogP contribution in [0.4, 0.5) is 13.2 Å². The van der Waals surface area contributed by atoms with Crippen molar-refractivity contribution < 1.29 is 17.9 Å². The molecule has 132 valence electrons. The maximum absolute atomic E-state index is 12.1. The SMILES string of the molecule is CC(CCOc1ccc(-c2ncc(CN)s2)cc1)NCC(F)(F)F. The van der Waals surface area contributed by atoms with Crippen molar-refractivity contribution >= 4 is 11.3 Å². The Morgan fingerprint density at radius 2 is 2.00 bits per heavy atom. The molecular formula is C16H20F3N3OS. The molecule has 0 saturated carbocycles. The Balaban J connectivity index is 1.77. The highest BCUT2D eigenvalue weighted by Crippen LogP contribution is 2.26. The fourth-order valence-corrected chi connectivity index (χ4v) is 2.77. The first-order valence-electron chi connectivity index (χ1n) is 7.55. The molecule has 0 saturated heterocycles. The third-order valence-corrected chi connectivity index (χ3v) is 4.40. The molecule has 2 rings (SSSR count). The quantitative estimate of drug-likeness (QED) is 0.756. The lowest BCUT2D eigenvalue weighted by atomic mass is 10.2. The van der Waals surface area contributed by atoms with E-state index in [1.54, 1.807) is 24.5 Å². The largest absolute Gasteiger partial charge is 0.494 e. The number of hydrogen-bond donors (Lipinski definition) is 2. The van der Waals surface area contributed by atoms with Gasteiger partial charge in [-0.15, -0.1) is 11.3 Å². The molecule has 0 spiro atoms. The highest BCUT2D eigenvalue weighted by molar-refractivity contribution is 7.15. The Morgan fingerprint density at radius 3 is 2.58 bits per heavy atom. The van der Waals surface area contributed by atoms with Gasteiger partial charge in [0.1, 0.15) is 10.8 Å². The van der Waals surface area contributed by atoms with Gasteiger partial charge in [-0.3, -0.25) is 0 Å². The van der Waals surface area contributed by atoms with Gasteiger partial charge < -0.3 is 15.8 Å². The van der Waals surface area contributed by atoms with Crippen LogP contribution in [0.15, 0.2) is 30.5 Å². The number of aromatic nitrogens is 1. The summed E-state index contributed by atoms with van der Waals surface area (Å²) in [4.78, 5) is 5.33. The van der Waals surface area contributed by atoms with Crippen molar-refractivity contribution in [2.24, 2.45) is 5.73 Å². The molecule has 0 aliphatic carbocycles. The average molecular weight is 359 g/mol. The van der Waals surface area contributed by atoms with E-state index in [4.69, 9.17) is 10.5 Å². The van der Waals surface area contributed by atoms with Crippen LogP contribution < -0.4 is 15.8 Å². The van der Waals surface area contributed by atoms with Crippen molar-refractivity contribution in [2.45, 2.75) is 32.1 Å². The maximum atomic E-state index is 12.1. The Kier molecular flexibility index (Phi) is 6.59. The van der Waals surface area contributed by atoms with E-state index in [2.05, 4.69) is 10.3 Å². The molecule has 0 amide bonds. The van der Waals surface area contributed by atoms with Crippen molar-refractivity contribution in [3.63, 3.8) is 0 Å². The number of nitrogens with zero attached hydrogens (tertiary/aromatic N) is 1. The summed E-state index contributed by atoms with van der Waals surface area (Å²) in [6.07, 6.45) is -1.94. The normalized spacial score (nSPS) is 13.0. The summed E-state index contributed by atoms with van der Waals surface area (Å²) >= 11 is 1.54. The topological polar surface area (TPSA) is 60.2 Å². The number of ether oxygens (including phenoxy) is 1. The summed E-state index contributed by atoms with van der Waals surface area (Å²) in [5.74, 6) is 0.678. The van der Waals surface area contributed by atoms with E-state index in [9.17, 15) is 13.2 Å². The number of alkyl halides is 3. The number of thiazole rings is 1. The van der Waals surface area contributed by atoms with Crippen LogP contribution in [-0.4, -0.2) is 30.4 Å². The van der Waals surface area contributed by atoms with Crippen molar-refractivity contribution in [3.8, 4) is 16.3 Å². The number of benzene rings is 1. The summed E-state index contributed by atoms with van der Waals surface area (Å²) in [5.41, 5.74) is 6.55. The van der Waals surface area contributed by atoms with Crippen LogP contribution in [0.25, 0.3) is 10.6 Å². The molecule has 1 heterocycles. The fraction of sp³-hybridized carbons (Fsp3) is 0.438. The molecule has 1 atom stereocenters. The van der Waals surface area contributed by atoms with Crippen molar-refractivity contribution in [2.75, 3.05) is 13.2 Å². The van der Waals surface area contributed by atoms with Crippen LogP contribution in [0, 0.1) is 0 Å². The van der Waals surface area contributed by atoms with E-state index in [1.165, 1.54) is 0 Å². The number of halogens is 3. The zero-order valence-electron chi connectivity index (χ0n) is 13.3. The predicted octanol–water partition coefficient (Wildman–Crippen LogP) is 3.58. The smallest absolute Gasteiger partial charge is 0.401 e. The van der Waals surface area contributed by atoms with Gasteiger partial charge in [-0.1, -0.05) is 0 Å². The van der Waals surface area contributed by atoms with Crippen LogP contribution in [0.5, 0.6) is 5.75 Å². The first kappa shape index (κ1) is 18.7. The minimum Gasteiger partial charge on any atom is -0.494 e. The van der Waals surface area contributed by atoms with Crippen LogP contribution in [0.3, 0.4) is 0 Å². The Labute approximate surface area is 142 Å². The van der Waals surface area contributed by atoms with Gasteiger partial charge in [0.25, 0.3) is 0 Å². The lowest BCUT2D eigenvalue weighted by Gasteiger charge is -2.15. The van der Waals surface area contributed by atoms with E-state index < -0.39 is 12.7 Å². The molecule has 3 N–H and O–H groups in total. The fourth-order valence-electron chi connectivity index (χ4n) is 1.97. The van der Waals surface area contributed by atoms with Gasteiger partial charge in [-0.2, -0.15) is 13.2 Å². The average Bonchev–Trinajstić information content (AvgIpc) is 3.02. The van der Waals surface area contributed by atoms with Crippen LogP contribution in [-0.2, 0) is 6.54 Å². The molecule has 0 aliphatic heterocycles. The monoisotopic (exact) mass is 359 g/mol. The van der Waals surface area contributed by atoms with Gasteiger partial charge in [-0.25, -0.2) is 4.98 Å². The van der Waals surface area contributed by atoms with Gasteiger partial charge in [0, 0.05) is 29.2 Å². The molecule has 8 heteroatoms. The van der Waals surface area contributed by atoms with Gasteiger partial charge >= 0.3 is 6.18 Å². The molecular weight excluding hydrogens is 339 g/mol. The van der Waals surface area contributed by atoms with Crippen molar-refractivity contribution in [1.82, 2.24) is 10.3 Å². The number of nitrogens with one attached hydrogen (secondary N) is 1. The summed E-state index contributed by atoms with van der Waals surface area (Å²) in [6.45, 7) is 1.54. The molecule has 0 aliphatic rings. The molecule has 1 aromatic heterocycles. The van der Waals surface area contributed by atoms with Gasteiger partial charge in [0.05, 0.1) is 13.2 Å². The standard InChI is InChI=1S/C16H20F3N3OS/c1-11(22-10-16(17,18)19)6-7-23-13-4-2-12(3-5-13)15-21-9-14(8-20)24-15/h2-5,9,11,22H,6-8,10,20H2,1H3. The number of hydrogen-bond acceptors (Lipinski definition) is 5. The predicted molar refractivity (Wildman–Crippen MR) is 89.1 cm³/mol. The Hall–Kier alpha value is -1.64. The second-order valence-corrected chi connectivity index (χ2v) is 6.51. The third-order valence-electron chi connectivity index (χ3n) is 3.33. The molecule has 0 radical (unpaired) electrons. The molecule has 0 bridgehead atoms. The lowest BCUT2D eigenvalue weighted by molar-refractivity contribution is -0.126. The van der Waals surface area contributed by atoms with E-state index in [0.717, 1.165) is 15.4 Å². The van der Waals surface area contributed by atoms with Crippen LogP contribution in [0.1, 0.15) is 18.2 Å². The molecule has 4 nitrogen and oxygen atoms in total. The Morgan fingerprint density at radius 1 is 1.29 bits per heavy atom. The number of rotatable bonds is 8. The summed E-state index contributed by atoms with van der Waals surface area (Å²) in [6, 6.07) is 7.19. The minimum atomic E-state index is -4.19. The molecule has 1 unspecified atom stereocenters. The van der Waals surface area contributed by atoms with E-state index in [0.29, 0.717) is 25.3 Å². The first-order valence-corrected chi connectivity index (χ1v) is 8.37. The lowest BCUT2D eigenvalue weighted by Crippen LogP contribution is -2.36. The van der Waals surface area contributed by atoms with E-state index >= 15 is 0 Å². The third kappa shape index (κ3) is 6.10. The zero-order valence-corrected chi connectivity index (χ0v) is 14.1. The van der Waals surface area contributed by atoms with Gasteiger partial charge in [-0.05, 0) is 37.6 Å². The first-order chi connectivity index (χ1) is 11.4. The van der Waals surface area contributed by atoms with Gasteiger partial charge in [0.2, 0.25) is 0 Å². The van der Waals surface area contributed by atoms with E-state index in [1.807, 2.05) is 24.3 Å². The second-order valence-electron chi connectivity index (χ2n) is 5.39. The van der Waals surface area contributed by atoms with Crippen molar-refractivity contribution in [1.29, 1.82) is 0 Å². The second kappa shape index (κ2) is 8.46. The highest BCUT2D eigenvalue weighted by atomic mass is 32.1. The molecule has 0 fully saturated rings. The summed E-state index contributed by atoms with van der Waals surface area (Å²) in [5, 5.41) is 3.32. The van der Waals surface area contributed by atoms with Crippen molar-refractivity contribution in [3.05, 3.63) is 35.3 Å². The molecule has 24 heavy (non-hydrogen) atoms. The van der Waals surface area contributed by atoms with Crippen LogP contribution >= 0.6 is 11.3 Å². The zero-order chi connectivity index (χ0) is 17.6. The summed E-state index contributed by atoms with van der Waals surface area (Å²) in [7, 11) is 0. The van der Waals surface area contributed by atoms with Gasteiger partial charge in [0.15, 0.2) is 0 Å². The minimum absolute atomic E-state index is 0.268. The maximum Gasteiger partial charge on any atom is 0.401 e. The number of nitrogens with two attached hydrogens (primary N) is 1. The Bertz CT molecular complexity index is 628. The molecule has 2 aromatic rings. The van der Waals surface area contributed by atoms with Crippen LogP contribution in [0.2, 0.25) is 0 Å². The highest BCUT2D eigenvalue weighted by Gasteiger charge is 2.27.